The number of carbonyl (C=O) groups is 1. The Labute approximate surface area is 136 Å². The molecule has 0 bridgehead atoms. The summed E-state index contributed by atoms with van der Waals surface area (Å²) in [6, 6.07) is 16.7. The van der Waals surface area contributed by atoms with Gasteiger partial charge in [0.2, 0.25) is 0 Å². The highest BCUT2D eigenvalue weighted by Gasteiger charge is 2.32. The first kappa shape index (κ1) is 15.6. The molecule has 4 heteroatoms. The summed E-state index contributed by atoms with van der Waals surface area (Å²) in [5, 5.41) is 12.2. The number of rotatable bonds is 7. The molecule has 1 saturated carbocycles. The van der Waals surface area contributed by atoms with Crippen LogP contribution in [0.3, 0.4) is 0 Å². The lowest BCUT2D eigenvalue weighted by molar-refractivity contribution is 0.0922. The summed E-state index contributed by atoms with van der Waals surface area (Å²) in [7, 11) is 0. The molecule has 1 fully saturated rings. The van der Waals surface area contributed by atoms with Crippen molar-refractivity contribution in [2.75, 3.05) is 6.61 Å². The quantitative estimate of drug-likeness (QED) is 0.824. The number of benzene rings is 2. The molecule has 0 heterocycles. The van der Waals surface area contributed by atoms with Crippen LogP contribution in [0.4, 0.5) is 0 Å². The van der Waals surface area contributed by atoms with Gasteiger partial charge in [0.25, 0.3) is 5.91 Å². The van der Waals surface area contributed by atoms with Crippen molar-refractivity contribution in [2.45, 2.75) is 25.3 Å². The first-order valence-corrected chi connectivity index (χ1v) is 8.01. The summed E-state index contributed by atoms with van der Waals surface area (Å²) in [4.78, 5) is 12.6. The monoisotopic (exact) mass is 311 g/mol. The van der Waals surface area contributed by atoms with Gasteiger partial charge in [-0.15, -0.1) is 0 Å². The molecule has 0 aliphatic heterocycles. The second-order valence-corrected chi connectivity index (χ2v) is 5.84. The molecule has 0 saturated heterocycles. The predicted octanol–water partition coefficient (Wildman–Crippen LogP) is 3.37. The first-order chi connectivity index (χ1) is 11.3. The highest BCUT2D eigenvalue weighted by atomic mass is 16.5. The van der Waals surface area contributed by atoms with Crippen molar-refractivity contribution in [1.82, 2.24) is 5.32 Å². The van der Waals surface area contributed by atoms with Crippen molar-refractivity contribution < 1.29 is 14.6 Å². The zero-order valence-corrected chi connectivity index (χ0v) is 12.9. The third kappa shape index (κ3) is 4.11. The molecular formula is C19H21NO3. The third-order valence-corrected chi connectivity index (χ3v) is 4.05. The van der Waals surface area contributed by atoms with Gasteiger partial charge in [-0.3, -0.25) is 4.79 Å². The van der Waals surface area contributed by atoms with Gasteiger partial charge >= 0.3 is 0 Å². The zero-order chi connectivity index (χ0) is 16.1. The second-order valence-electron chi connectivity index (χ2n) is 5.84. The van der Waals surface area contributed by atoms with E-state index in [1.165, 1.54) is 0 Å². The molecule has 0 aromatic heterocycles. The van der Waals surface area contributed by atoms with E-state index in [2.05, 4.69) is 5.32 Å². The van der Waals surface area contributed by atoms with Gasteiger partial charge < -0.3 is 15.2 Å². The minimum atomic E-state index is -0.151. The van der Waals surface area contributed by atoms with E-state index in [1.807, 2.05) is 42.5 Å². The molecule has 4 nitrogen and oxygen atoms in total. The van der Waals surface area contributed by atoms with Gasteiger partial charge in [0.1, 0.15) is 11.5 Å². The number of hydrogen-bond acceptors (Lipinski definition) is 3. The van der Waals surface area contributed by atoms with Crippen LogP contribution in [-0.4, -0.2) is 23.7 Å². The molecule has 2 N–H and O–H groups in total. The molecule has 120 valence electrons. The molecule has 0 radical (unpaired) electrons. The van der Waals surface area contributed by atoms with E-state index >= 15 is 0 Å². The summed E-state index contributed by atoms with van der Waals surface area (Å²) >= 11 is 0. The Morgan fingerprint density at radius 1 is 1.13 bits per heavy atom. The molecule has 1 amide bonds. The minimum Gasteiger partial charge on any atom is -0.457 e. The Kier molecular flexibility index (Phi) is 4.93. The summed E-state index contributed by atoms with van der Waals surface area (Å²) in [5.41, 5.74) is 0.514. The molecule has 2 aromatic carbocycles. The lowest BCUT2D eigenvalue weighted by Gasteiger charge is -2.18. The van der Waals surface area contributed by atoms with Crippen molar-refractivity contribution in [3.8, 4) is 11.5 Å². The maximum atomic E-state index is 12.6. The van der Waals surface area contributed by atoms with Crippen molar-refractivity contribution in [1.29, 1.82) is 0 Å². The molecule has 2 aromatic rings. The van der Waals surface area contributed by atoms with Gasteiger partial charge in [0.15, 0.2) is 0 Å². The lowest BCUT2D eigenvalue weighted by Crippen LogP contribution is -2.37. The van der Waals surface area contributed by atoms with Crippen molar-refractivity contribution >= 4 is 5.91 Å². The van der Waals surface area contributed by atoms with Crippen LogP contribution in [-0.2, 0) is 0 Å². The Bertz CT molecular complexity index is 653. The van der Waals surface area contributed by atoms with Crippen molar-refractivity contribution in [2.24, 2.45) is 5.92 Å². The lowest BCUT2D eigenvalue weighted by atomic mass is 10.1. The number of ether oxygens (including phenoxy) is 1. The van der Waals surface area contributed by atoms with E-state index in [1.54, 1.807) is 12.1 Å². The average molecular weight is 311 g/mol. The van der Waals surface area contributed by atoms with Gasteiger partial charge in [-0.1, -0.05) is 30.3 Å². The molecule has 1 aliphatic carbocycles. The molecule has 1 aliphatic rings. The predicted molar refractivity (Wildman–Crippen MR) is 88.6 cm³/mol. The van der Waals surface area contributed by atoms with Gasteiger partial charge in [0.05, 0.1) is 5.56 Å². The summed E-state index contributed by atoms with van der Waals surface area (Å²) in [6.45, 7) is 0.0869. The summed E-state index contributed by atoms with van der Waals surface area (Å²) in [5.74, 6) is 1.58. The fraction of sp³-hybridized carbons (Fsp3) is 0.316. The Morgan fingerprint density at radius 3 is 2.52 bits per heavy atom. The molecule has 3 rings (SSSR count). The molecule has 23 heavy (non-hydrogen) atoms. The number of nitrogens with one attached hydrogen (secondary N) is 1. The SMILES string of the molecule is O=C(NC(CCO)C1CC1)c1ccccc1Oc1ccccc1. The van der Waals surface area contributed by atoms with E-state index in [9.17, 15) is 9.90 Å². The highest BCUT2D eigenvalue weighted by molar-refractivity contribution is 5.97. The van der Waals surface area contributed by atoms with Crippen molar-refractivity contribution in [3.63, 3.8) is 0 Å². The Balaban J connectivity index is 1.75. The first-order valence-electron chi connectivity index (χ1n) is 8.01. The van der Waals surface area contributed by atoms with Crippen LogP contribution in [0.5, 0.6) is 11.5 Å². The average Bonchev–Trinajstić information content (AvgIpc) is 3.41. The molecule has 1 atom stereocenters. The topological polar surface area (TPSA) is 58.6 Å². The smallest absolute Gasteiger partial charge is 0.255 e. The number of aliphatic hydroxyl groups is 1. The highest BCUT2D eigenvalue weighted by Crippen LogP contribution is 2.34. The third-order valence-electron chi connectivity index (χ3n) is 4.05. The maximum Gasteiger partial charge on any atom is 0.255 e. The van der Waals surface area contributed by atoms with Gasteiger partial charge in [-0.05, 0) is 49.4 Å². The van der Waals surface area contributed by atoms with Crippen LogP contribution in [0.25, 0.3) is 0 Å². The van der Waals surface area contributed by atoms with Crippen LogP contribution in [0.2, 0.25) is 0 Å². The van der Waals surface area contributed by atoms with Crippen LogP contribution in [0.1, 0.15) is 29.6 Å². The van der Waals surface area contributed by atoms with E-state index in [0.29, 0.717) is 29.4 Å². The Morgan fingerprint density at radius 2 is 1.83 bits per heavy atom. The van der Waals surface area contributed by atoms with E-state index < -0.39 is 0 Å². The summed E-state index contributed by atoms with van der Waals surface area (Å²) < 4.78 is 5.84. The second kappa shape index (κ2) is 7.29. The number of hydrogen-bond donors (Lipinski definition) is 2. The van der Waals surface area contributed by atoms with Gasteiger partial charge in [0, 0.05) is 12.6 Å². The Hall–Kier alpha value is -2.33. The number of carbonyl (C=O) groups excluding carboxylic acids is 1. The van der Waals surface area contributed by atoms with Crippen LogP contribution in [0, 0.1) is 5.92 Å². The zero-order valence-electron chi connectivity index (χ0n) is 12.9. The largest absolute Gasteiger partial charge is 0.457 e. The molecule has 0 spiro atoms. The van der Waals surface area contributed by atoms with Gasteiger partial charge in [-0.25, -0.2) is 0 Å². The summed E-state index contributed by atoms with van der Waals surface area (Å²) in [6.07, 6.45) is 2.83. The minimum absolute atomic E-state index is 0.0391. The normalized spacial score (nSPS) is 15.0. The number of para-hydroxylation sites is 2. The fourth-order valence-electron chi connectivity index (χ4n) is 2.67. The van der Waals surface area contributed by atoms with Crippen LogP contribution < -0.4 is 10.1 Å². The van der Waals surface area contributed by atoms with E-state index in [4.69, 9.17) is 4.74 Å². The molecule has 1 unspecified atom stereocenters. The van der Waals surface area contributed by atoms with Crippen LogP contribution in [0.15, 0.2) is 54.6 Å². The molecular weight excluding hydrogens is 290 g/mol. The fourth-order valence-corrected chi connectivity index (χ4v) is 2.67. The number of aliphatic hydroxyl groups excluding tert-OH is 1. The van der Waals surface area contributed by atoms with E-state index in [-0.39, 0.29) is 18.6 Å². The van der Waals surface area contributed by atoms with Crippen LogP contribution >= 0.6 is 0 Å². The standard InChI is InChI=1S/C19H21NO3/c21-13-12-17(14-10-11-14)20-19(22)16-8-4-5-9-18(16)23-15-6-2-1-3-7-15/h1-9,14,17,21H,10-13H2,(H,20,22). The van der Waals surface area contributed by atoms with E-state index in [0.717, 1.165) is 12.8 Å². The van der Waals surface area contributed by atoms with Gasteiger partial charge in [-0.2, -0.15) is 0 Å². The maximum absolute atomic E-state index is 12.6. The van der Waals surface area contributed by atoms with Crippen molar-refractivity contribution in [3.05, 3.63) is 60.2 Å². The number of amides is 1.